The van der Waals surface area contributed by atoms with Crippen molar-refractivity contribution in [2.24, 2.45) is 0 Å². The van der Waals surface area contributed by atoms with Crippen LogP contribution in [-0.2, 0) is 4.74 Å². The third-order valence-corrected chi connectivity index (χ3v) is 4.22. The van der Waals surface area contributed by atoms with Crippen LogP contribution < -0.4 is 10.3 Å². The van der Waals surface area contributed by atoms with Crippen molar-refractivity contribution in [1.82, 2.24) is 10.1 Å². The molecule has 3 aromatic heterocycles. The van der Waals surface area contributed by atoms with Gasteiger partial charge in [-0.1, -0.05) is 5.16 Å². The molecule has 4 heterocycles. The van der Waals surface area contributed by atoms with E-state index >= 15 is 0 Å². The minimum Gasteiger partial charge on any atom is -0.438 e. The molecule has 24 heavy (non-hydrogen) atoms. The van der Waals surface area contributed by atoms with E-state index in [2.05, 4.69) is 10.1 Å². The lowest BCUT2D eigenvalue weighted by molar-refractivity contribution is 0.121. The van der Waals surface area contributed by atoms with E-state index in [1.54, 1.807) is 12.3 Å². The number of aryl methyl sites for hydroxylation is 2. The smallest absolute Gasteiger partial charge is 0.200 e. The Bertz CT molecular complexity index is 935. The molecule has 1 aliphatic heterocycles. The quantitative estimate of drug-likeness (QED) is 0.714. The maximum absolute atomic E-state index is 12.5. The van der Waals surface area contributed by atoms with E-state index < -0.39 is 0 Å². The monoisotopic (exact) mass is 327 g/mol. The Morgan fingerprint density at radius 3 is 2.71 bits per heavy atom. The molecule has 7 nitrogen and oxygen atoms in total. The molecule has 0 amide bonds. The van der Waals surface area contributed by atoms with Gasteiger partial charge in [-0.25, -0.2) is 0 Å². The van der Waals surface area contributed by atoms with Gasteiger partial charge in [0.15, 0.2) is 16.9 Å². The highest BCUT2D eigenvalue weighted by molar-refractivity contribution is 5.91. The van der Waals surface area contributed by atoms with Crippen LogP contribution in [0.25, 0.3) is 22.2 Å². The summed E-state index contributed by atoms with van der Waals surface area (Å²) in [5, 5.41) is 4.47. The molecular weight excluding hydrogens is 310 g/mol. The number of ether oxygens (including phenoxy) is 1. The first-order valence-electron chi connectivity index (χ1n) is 7.84. The Hall–Kier alpha value is -2.67. The van der Waals surface area contributed by atoms with Crippen LogP contribution in [-0.4, -0.2) is 36.4 Å². The lowest BCUT2D eigenvalue weighted by Crippen LogP contribution is -2.36. The van der Waals surface area contributed by atoms with Crippen molar-refractivity contribution in [2.45, 2.75) is 13.8 Å². The van der Waals surface area contributed by atoms with Crippen molar-refractivity contribution in [2.75, 3.05) is 31.2 Å². The Balaban J connectivity index is 1.95. The largest absolute Gasteiger partial charge is 0.438 e. The van der Waals surface area contributed by atoms with E-state index in [1.807, 2.05) is 18.7 Å². The number of aromatic nitrogens is 2. The van der Waals surface area contributed by atoms with E-state index in [-0.39, 0.29) is 5.43 Å². The zero-order valence-electron chi connectivity index (χ0n) is 13.5. The van der Waals surface area contributed by atoms with Crippen molar-refractivity contribution in [3.05, 3.63) is 40.0 Å². The number of hydrogen-bond donors (Lipinski definition) is 0. The van der Waals surface area contributed by atoms with E-state index in [1.165, 1.54) is 6.07 Å². The number of fused-ring (bicyclic) bond motifs is 1. The second-order valence-corrected chi connectivity index (χ2v) is 5.78. The number of nitrogens with zero attached hydrogens (tertiary/aromatic N) is 3. The summed E-state index contributed by atoms with van der Waals surface area (Å²) in [6.07, 6.45) is 1.61. The number of hydrogen-bond acceptors (Lipinski definition) is 7. The van der Waals surface area contributed by atoms with Crippen molar-refractivity contribution in [1.29, 1.82) is 0 Å². The van der Waals surface area contributed by atoms with Crippen LogP contribution in [0.5, 0.6) is 0 Å². The van der Waals surface area contributed by atoms with Gasteiger partial charge >= 0.3 is 0 Å². The highest BCUT2D eigenvalue weighted by Crippen LogP contribution is 2.32. The molecule has 0 spiro atoms. The molecule has 0 unspecified atom stereocenters. The second-order valence-electron chi connectivity index (χ2n) is 5.78. The first-order valence-corrected chi connectivity index (χ1v) is 7.84. The van der Waals surface area contributed by atoms with Gasteiger partial charge in [0.1, 0.15) is 11.5 Å². The molecule has 124 valence electrons. The van der Waals surface area contributed by atoms with Crippen LogP contribution in [0.15, 0.2) is 32.1 Å². The second kappa shape index (κ2) is 5.76. The maximum Gasteiger partial charge on any atom is 0.200 e. The van der Waals surface area contributed by atoms with Gasteiger partial charge < -0.3 is 18.6 Å². The molecule has 4 rings (SSSR count). The number of morpholine rings is 1. The van der Waals surface area contributed by atoms with Crippen molar-refractivity contribution >= 4 is 16.9 Å². The van der Waals surface area contributed by atoms with Gasteiger partial charge in [-0.05, 0) is 19.9 Å². The number of anilines is 1. The number of pyridine rings is 1. The third kappa shape index (κ3) is 2.37. The van der Waals surface area contributed by atoms with Crippen LogP contribution in [0, 0.1) is 13.8 Å². The van der Waals surface area contributed by atoms with Crippen LogP contribution in [0.3, 0.4) is 0 Å². The van der Waals surface area contributed by atoms with E-state index in [4.69, 9.17) is 13.7 Å². The van der Waals surface area contributed by atoms with Crippen LogP contribution in [0.1, 0.15) is 11.5 Å². The molecule has 0 atom stereocenters. The average molecular weight is 327 g/mol. The molecule has 3 aromatic rings. The summed E-state index contributed by atoms with van der Waals surface area (Å²) in [4.78, 5) is 19.0. The summed E-state index contributed by atoms with van der Waals surface area (Å²) in [5.74, 6) is 1.18. The summed E-state index contributed by atoms with van der Waals surface area (Å²) in [7, 11) is 0. The summed E-state index contributed by atoms with van der Waals surface area (Å²) in [6, 6.07) is 3.21. The molecule has 1 fully saturated rings. The lowest BCUT2D eigenvalue weighted by Gasteiger charge is -2.27. The first kappa shape index (κ1) is 14.9. The van der Waals surface area contributed by atoms with Gasteiger partial charge in [0, 0.05) is 25.4 Å². The molecule has 0 saturated carbocycles. The minimum atomic E-state index is -0.0897. The summed E-state index contributed by atoms with van der Waals surface area (Å²) < 4.78 is 16.7. The van der Waals surface area contributed by atoms with Crippen molar-refractivity contribution in [3.63, 3.8) is 0 Å². The summed E-state index contributed by atoms with van der Waals surface area (Å²) in [6.45, 7) is 6.28. The Morgan fingerprint density at radius 2 is 2.00 bits per heavy atom. The summed E-state index contributed by atoms with van der Waals surface area (Å²) in [5.41, 5.74) is 2.43. The molecule has 0 aliphatic carbocycles. The molecule has 0 aromatic carbocycles. The van der Waals surface area contributed by atoms with Gasteiger partial charge in [-0.15, -0.1) is 0 Å². The van der Waals surface area contributed by atoms with Crippen molar-refractivity contribution < 1.29 is 13.7 Å². The fraction of sp³-hybridized carbons (Fsp3) is 0.353. The van der Waals surface area contributed by atoms with Gasteiger partial charge in [0.05, 0.1) is 29.9 Å². The molecule has 0 bridgehead atoms. The molecule has 1 aliphatic rings. The van der Waals surface area contributed by atoms with Crippen LogP contribution in [0.4, 0.5) is 5.88 Å². The standard InChI is InChI=1S/C17H17N3O4/c1-10-15(11(2)24-19-10)16-17-12(3-4-18-16)13(21)9-14(23-17)20-5-7-22-8-6-20/h3-4,9H,5-8H2,1-2H3. The summed E-state index contributed by atoms with van der Waals surface area (Å²) >= 11 is 0. The lowest BCUT2D eigenvalue weighted by atomic mass is 10.1. The topological polar surface area (TPSA) is 81.6 Å². The highest BCUT2D eigenvalue weighted by atomic mass is 16.5. The van der Waals surface area contributed by atoms with E-state index in [0.717, 1.165) is 5.56 Å². The normalized spacial score (nSPS) is 15.2. The van der Waals surface area contributed by atoms with E-state index in [0.29, 0.717) is 60.3 Å². The minimum absolute atomic E-state index is 0.0897. The van der Waals surface area contributed by atoms with Gasteiger partial charge in [-0.3, -0.25) is 9.78 Å². The highest BCUT2D eigenvalue weighted by Gasteiger charge is 2.21. The van der Waals surface area contributed by atoms with Gasteiger partial charge in [0.2, 0.25) is 0 Å². The molecule has 0 N–H and O–H groups in total. The van der Waals surface area contributed by atoms with Gasteiger partial charge in [-0.2, -0.15) is 0 Å². The zero-order chi connectivity index (χ0) is 16.7. The SMILES string of the molecule is Cc1noc(C)c1-c1nccc2c(=O)cc(N3CCOCC3)oc12. The van der Waals surface area contributed by atoms with Crippen molar-refractivity contribution in [3.8, 4) is 11.3 Å². The predicted molar refractivity (Wildman–Crippen MR) is 88.3 cm³/mol. The average Bonchev–Trinajstić information content (AvgIpc) is 2.94. The van der Waals surface area contributed by atoms with Crippen LogP contribution in [0.2, 0.25) is 0 Å². The molecule has 1 saturated heterocycles. The number of rotatable bonds is 2. The molecular formula is C17H17N3O4. The maximum atomic E-state index is 12.5. The van der Waals surface area contributed by atoms with Gasteiger partial charge in [0.25, 0.3) is 0 Å². The third-order valence-electron chi connectivity index (χ3n) is 4.22. The van der Waals surface area contributed by atoms with Crippen LogP contribution >= 0.6 is 0 Å². The fourth-order valence-electron chi connectivity index (χ4n) is 3.01. The van der Waals surface area contributed by atoms with E-state index in [9.17, 15) is 4.79 Å². The first-order chi connectivity index (χ1) is 11.6. The Kier molecular flexibility index (Phi) is 3.57. The fourth-order valence-corrected chi connectivity index (χ4v) is 3.01. The predicted octanol–water partition coefficient (Wildman–Crippen LogP) is 2.30. The molecule has 0 radical (unpaired) electrons. The Labute approximate surface area is 137 Å². The Morgan fingerprint density at radius 1 is 1.21 bits per heavy atom. The molecule has 7 heteroatoms. The zero-order valence-corrected chi connectivity index (χ0v) is 13.5.